The van der Waals surface area contributed by atoms with Crippen LogP contribution in [-0.2, 0) is 22.4 Å². The quantitative estimate of drug-likeness (QED) is 0.942. The summed E-state index contributed by atoms with van der Waals surface area (Å²) in [6.45, 7) is 2.01. The molecule has 2 aromatic rings. The van der Waals surface area contributed by atoms with Crippen LogP contribution >= 0.6 is 0 Å². The van der Waals surface area contributed by atoms with E-state index in [4.69, 9.17) is 4.42 Å². The van der Waals surface area contributed by atoms with Crippen molar-refractivity contribution in [3.63, 3.8) is 0 Å². The highest BCUT2D eigenvalue weighted by Crippen LogP contribution is 2.27. The first-order chi connectivity index (χ1) is 11.1. The van der Waals surface area contributed by atoms with Gasteiger partial charge in [-0.1, -0.05) is 18.2 Å². The summed E-state index contributed by atoms with van der Waals surface area (Å²) in [6.07, 6.45) is 3.32. The summed E-state index contributed by atoms with van der Waals surface area (Å²) in [5.74, 6) is 0.781. The number of fused-ring (bicyclic) bond motifs is 1. The molecule has 2 heterocycles. The van der Waals surface area contributed by atoms with Gasteiger partial charge in [0.25, 0.3) is 0 Å². The Morgan fingerprint density at radius 3 is 2.83 bits per heavy atom. The van der Waals surface area contributed by atoms with Crippen molar-refractivity contribution in [1.82, 2.24) is 5.32 Å². The molecule has 23 heavy (non-hydrogen) atoms. The minimum atomic E-state index is -0.0719. The number of carbonyl (C=O) groups is 2. The first-order valence-electron chi connectivity index (χ1n) is 7.81. The number of hydrogen-bond acceptors (Lipinski definition) is 3. The summed E-state index contributed by atoms with van der Waals surface area (Å²) in [5.41, 5.74) is 2.03. The Hall–Kier alpha value is -2.56. The molecule has 0 spiro atoms. The van der Waals surface area contributed by atoms with Gasteiger partial charge in [0.15, 0.2) is 0 Å². The van der Waals surface area contributed by atoms with Crippen molar-refractivity contribution in [3.05, 3.63) is 54.0 Å². The molecule has 0 bridgehead atoms. The molecule has 1 unspecified atom stereocenters. The van der Waals surface area contributed by atoms with E-state index in [1.165, 1.54) is 6.92 Å². The number of para-hydroxylation sites is 1. The summed E-state index contributed by atoms with van der Waals surface area (Å²) in [5, 5.41) is 2.93. The highest BCUT2D eigenvalue weighted by Gasteiger charge is 2.28. The van der Waals surface area contributed by atoms with Crippen LogP contribution < -0.4 is 10.2 Å². The first kappa shape index (κ1) is 15.3. The van der Waals surface area contributed by atoms with Crippen LogP contribution in [0.25, 0.3) is 0 Å². The number of nitrogens with zero attached hydrogens (tertiary/aromatic N) is 1. The van der Waals surface area contributed by atoms with Gasteiger partial charge >= 0.3 is 0 Å². The highest BCUT2D eigenvalue weighted by atomic mass is 16.3. The molecule has 0 saturated heterocycles. The second-order valence-electron chi connectivity index (χ2n) is 5.81. The summed E-state index contributed by atoms with van der Waals surface area (Å²) < 4.78 is 5.29. The molecular formula is C18H20N2O3. The van der Waals surface area contributed by atoms with Gasteiger partial charge in [-0.3, -0.25) is 9.59 Å². The smallest absolute Gasteiger partial charge is 0.227 e. The zero-order valence-corrected chi connectivity index (χ0v) is 13.1. The van der Waals surface area contributed by atoms with Crippen LogP contribution in [0.1, 0.15) is 24.7 Å². The topological polar surface area (TPSA) is 62.6 Å². The fourth-order valence-electron chi connectivity index (χ4n) is 3.04. The molecule has 3 rings (SSSR count). The van der Waals surface area contributed by atoms with Crippen molar-refractivity contribution in [2.24, 2.45) is 0 Å². The number of rotatable bonds is 4. The van der Waals surface area contributed by atoms with Gasteiger partial charge < -0.3 is 14.6 Å². The zero-order chi connectivity index (χ0) is 16.2. The first-order valence-corrected chi connectivity index (χ1v) is 7.81. The summed E-state index contributed by atoms with van der Waals surface area (Å²) in [6, 6.07) is 11.5. The van der Waals surface area contributed by atoms with E-state index in [1.807, 2.05) is 36.4 Å². The summed E-state index contributed by atoms with van der Waals surface area (Å²) in [7, 11) is 0. The van der Waals surface area contributed by atoms with E-state index in [0.29, 0.717) is 19.4 Å². The van der Waals surface area contributed by atoms with Gasteiger partial charge in [0.05, 0.1) is 12.3 Å². The van der Waals surface area contributed by atoms with E-state index in [2.05, 4.69) is 5.32 Å². The lowest BCUT2D eigenvalue weighted by Gasteiger charge is -2.35. The molecule has 1 N–H and O–H groups in total. The fourth-order valence-corrected chi connectivity index (χ4v) is 3.04. The number of hydrogen-bond donors (Lipinski definition) is 1. The van der Waals surface area contributed by atoms with Gasteiger partial charge in [0.2, 0.25) is 11.8 Å². The van der Waals surface area contributed by atoms with Gasteiger partial charge in [-0.05, 0) is 30.2 Å². The second kappa shape index (κ2) is 6.69. The van der Waals surface area contributed by atoms with Crippen molar-refractivity contribution in [2.75, 3.05) is 11.4 Å². The number of furan rings is 1. The van der Waals surface area contributed by atoms with Gasteiger partial charge in [0.1, 0.15) is 5.76 Å². The molecule has 1 aromatic heterocycles. The highest BCUT2D eigenvalue weighted by molar-refractivity contribution is 5.95. The molecule has 0 saturated carbocycles. The van der Waals surface area contributed by atoms with Gasteiger partial charge in [-0.25, -0.2) is 0 Å². The third-order valence-electron chi connectivity index (χ3n) is 4.03. The third kappa shape index (κ3) is 3.62. The molecule has 1 aliphatic rings. The third-order valence-corrected chi connectivity index (χ3v) is 4.03. The largest absolute Gasteiger partial charge is 0.469 e. The molecule has 0 fully saturated rings. The lowest BCUT2D eigenvalue weighted by Crippen LogP contribution is -2.49. The van der Waals surface area contributed by atoms with E-state index in [1.54, 1.807) is 11.2 Å². The van der Waals surface area contributed by atoms with Crippen LogP contribution in [0, 0.1) is 0 Å². The molecule has 5 nitrogen and oxygen atoms in total. The average molecular weight is 312 g/mol. The van der Waals surface area contributed by atoms with Crippen molar-refractivity contribution < 1.29 is 14.0 Å². The van der Waals surface area contributed by atoms with Gasteiger partial charge in [0, 0.05) is 32.0 Å². The number of nitrogens with one attached hydrogen (secondary N) is 1. The maximum Gasteiger partial charge on any atom is 0.227 e. The normalized spacial score (nSPS) is 16.7. The summed E-state index contributed by atoms with van der Waals surface area (Å²) >= 11 is 0. The van der Waals surface area contributed by atoms with E-state index in [-0.39, 0.29) is 17.9 Å². The molecule has 0 aliphatic carbocycles. The number of anilines is 1. The fraction of sp³-hybridized carbons (Fsp3) is 0.333. The lowest BCUT2D eigenvalue weighted by molar-refractivity contribution is -0.121. The van der Waals surface area contributed by atoms with Crippen LogP contribution in [0.3, 0.4) is 0 Å². The number of amides is 2. The Morgan fingerprint density at radius 2 is 2.09 bits per heavy atom. The standard InChI is InChI=1S/C18H20N2O3/c1-13(21)19-15-11-14-5-2-3-7-17(14)20(12-15)18(22)9-8-16-6-4-10-23-16/h2-7,10,15H,8-9,11-12H2,1H3,(H,19,21). The molecule has 1 aliphatic heterocycles. The number of benzene rings is 1. The SMILES string of the molecule is CC(=O)NC1Cc2ccccc2N(C(=O)CCc2ccco2)C1. The zero-order valence-electron chi connectivity index (χ0n) is 13.1. The molecule has 1 atom stereocenters. The Bertz CT molecular complexity index is 694. The van der Waals surface area contributed by atoms with Crippen molar-refractivity contribution in [3.8, 4) is 0 Å². The molecule has 1 aromatic carbocycles. The van der Waals surface area contributed by atoms with Crippen molar-refractivity contribution in [2.45, 2.75) is 32.2 Å². The van der Waals surface area contributed by atoms with Crippen LogP contribution in [0.2, 0.25) is 0 Å². The number of aryl methyl sites for hydroxylation is 1. The molecule has 120 valence electrons. The van der Waals surface area contributed by atoms with Gasteiger partial charge in [-0.15, -0.1) is 0 Å². The van der Waals surface area contributed by atoms with E-state index >= 15 is 0 Å². The maximum absolute atomic E-state index is 12.7. The maximum atomic E-state index is 12.7. The minimum absolute atomic E-state index is 0.0453. The lowest BCUT2D eigenvalue weighted by atomic mass is 9.97. The van der Waals surface area contributed by atoms with Crippen LogP contribution in [-0.4, -0.2) is 24.4 Å². The Kier molecular flexibility index (Phi) is 4.46. The van der Waals surface area contributed by atoms with E-state index < -0.39 is 0 Å². The predicted molar refractivity (Wildman–Crippen MR) is 87.1 cm³/mol. The van der Waals surface area contributed by atoms with E-state index in [0.717, 1.165) is 23.4 Å². The monoisotopic (exact) mass is 312 g/mol. The van der Waals surface area contributed by atoms with Crippen LogP contribution in [0.5, 0.6) is 0 Å². The number of carbonyl (C=O) groups excluding carboxylic acids is 2. The van der Waals surface area contributed by atoms with Gasteiger partial charge in [-0.2, -0.15) is 0 Å². The van der Waals surface area contributed by atoms with Crippen molar-refractivity contribution in [1.29, 1.82) is 0 Å². The van der Waals surface area contributed by atoms with Crippen LogP contribution in [0.4, 0.5) is 5.69 Å². The van der Waals surface area contributed by atoms with Crippen LogP contribution in [0.15, 0.2) is 47.1 Å². The Labute approximate surface area is 135 Å². The average Bonchev–Trinajstić information content (AvgIpc) is 3.04. The Balaban J connectivity index is 1.75. The van der Waals surface area contributed by atoms with Crippen molar-refractivity contribution >= 4 is 17.5 Å². The molecule has 2 amide bonds. The summed E-state index contributed by atoms with van der Waals surface area (Å²) in [4.78, 5) is 25.8. The molecular weight excluding hydrogens is 292 g/mol. The van der Waals surface area contributed by atoms with E-state index in [9.17, 15) is 9.59 Å². The molecule has 5 heteroatoms. The predicted octanol–water partition coefficient (Wildman–Crippen LogP) is 2.31. The second-order valence-corrected chi connectivity index (χ2v) is 5.81. The molecule has 0 radical (unpaired) electrons. The Morgan fingerprint density at radius 1 is 1.26 bits per heavy atom. The minimum Gasteiger partial charge on any atom is -0.469 e.